The summed E-state index contributed by atoms with van der Waals surface area (Å²) in [6.45, 7) is 5.03. The van der Waals surface area contributed by atoms with Crippen molar-refractivity contribution in [2.24, 2.45) is 0 Å². The predicted octanol–water partition coefficient (Wildman–Crippen LogP) is 1.53. The molecule has 9 heteroatoms. The molecular formula is C16H20FN5O2S. The lowest BCUT2D eigenvalue weighted by Gasteiger charge is -2.35. The summed E-state index contributed by atoms with van der Waals surface area (Å²) in [6, 6.07) is 6.21. The molecule has 0 radical (unpaired) electrons. The van der Waals surface area contributed by atoms with Gasteiger partial charge in [-0.25, -0.2) is 9.07 Å². The minimum atomic E-state index is -0.425. The van der Waals surface area contributed by atoms with Crippen LogP contribution >= 0.6 is 11.8 Å². The maximum Gasteiger partial charge on any atom is 0.233 e. The van der Waals surface area contributed by atoms with Crippen LogP contribution in [0.3, 0.4) is 0 Å². The van der Waals surface area contributed by atoms with Gasteiger partial charge in [-0.05, 0) is 26.0 Å². The van der Waals surface area contributed by atoms with Crippen LogP contribution in [0.4, 0.5) is 4.39 Å². The van der Waals surface area contributed by atoms with E-state index in [0.29, 0.717) is 18.2 Å². The fraction of sp³-hybridized carbons (Fsp3) is 0.438. The Hall–Kier alpha value is -2.13. The van der Waals surface area contributed by atoms with Gasteiger partial charge in [0.2, 0.25) is 11.1 Å². The van der Waals surface area contributed by atoms with Gasteiger partial charge < -0.3 is 15.5 Å². The number of amides is 1. The highest BCUT2D eigenvalue weighted by Gasteiger charge is 2.26. The van der Waals surface area contributed by atoms with Crippen molar-refractivity contribution >= 4 is 17.7 Å². The predicted molar refractivity (Wildman–Crippen MR) is 92.9 cm³/mol. The Morgan fingerprint density at radius 2 is 2.00 bits per heavy atom. The quantitative estimate of drug-likeness (QED) is 0.653. The molecular weight excluding hydrogens is 345 g/mol. The summed E-state index contributed by atoms with van der Waals surface area (Å²) in [5.41, 5.74) is 0.270. The monoisotopic (exact) mass is 365 g/mol. The van der Waals surface area contributed by atoms with Crippen molar-refractivity contribution in [3.8, 4) is 11.4 Å². The van der Waals surface area contributed by atoms with Crippen molar-refractivity contribution in [3.05, 3.63) is 30.1 Å². The molecule has 2 atom stereocenters. The third-order valence-corrected chi connectivity index (χ3v) is 4.80. The van der Waals surface area contributed by atoms with E-state index < -0.39 is 5.82 Å². The number of ether oxygens (including phenoxy) is 1. The minimum absolute atomic E-state index is 0.0116. The number of carbonyl (C=O) groups is 1. The number of nitrogens with two attached hydrogens (primary N) is 1. The highest BCUT2D eigenvalue weighted by molar-refractivity contribution is 7.99. The first-order valence-corrected chi connectivity index (χ1v) is 8.95. The van der Waals surface area contributed by atoms with Gasteiger partial charge in [-0.15, -0.1) is 10.2 Å². The second kappa shape index (κ2) is 7.40. The number of carbonyl (C=O) groups excluding carboxylic acids is 1. The normalized spacial score (nSPS) is 20.7. The second-order valence-electron chi connectivity index (χ2n) is 6.00. The number of hydrogen-bond acceptors (Lipinski definition) is 6. The first kappa shape index (κ1) is 17.7. The van der Waals surface area contributed by atoms with Crippen molar-refractivity contribution in [1.82, 2.24) is 19.8 Å². The van der Waals surface area contributed by atoms with Gasteiger partial charge in [-0.3, -0.25) is 4.79 Å². The Balaban J connectivity index is 1.66. The molecule has 1 saturated heterocycles. The number of morpholine rings is 1. The van der Waals surface area contributed by atoms with Gasteiger partial charge in [-0.1, -0.05) is 23.9 Å². The lowest BCUT2D eigenvalue weighted by atomic mass is 10.2. The molecule has 1 aromatic heterocycles. The molecule has 0 unspecified atom stereocenters. The van der Waals surface area contributed by atoms with E-state index in [1.54, 1.807) is 23.1 Å². The number of thioether (sulfide) groups is 1. The summed E-state index contributed by atoms with van der Waals surface area (Å²) in [4.78, 5) is 14.2. The highest BCUT2D eigenvalue weighted by Crippen LogP contribution is 2.24. The van der Waals surface area contributed by atoms with E-state index >= 15 is 0 Å². The first-order chi connectivity index (χ1) is 12.0. The van der Waals surface area contributed by atoms with Gasteiger partial charge in [0.1, 0.15) is 5.82 Å². The summed E-state index contributed by atoms with van der Waals surface area (Å²) in [5.74, 6) is 5.95. The molecule has 25 heavy (non-hydrogen) atoms. The number of halogens is 1. The molecule has 7 nitrogen and oxygen atoms in total. The fourth-order valence-corrected chi connectivity index (χ4v) is 3.56. The Morgan fingerprint density at radius 1 is 1.32 bits per heavy atom. The number of nitrogens with zero attached hydrogens (tertiary/aromatic N) is 4. The second-order valence-corrected chi connectivity index (χ2v) is 6.94. The summed E-state index contributed by atoms with van der Waals surface area (Å²) < 4.78 is 20.7. The zero-order valence-corrected chi connectivity index (χ0v) is 14.9. The largest absolute Gasteiger partial charge is 0.372 e. The number of hydrogen-bond donors (Lipinski definition) is 1. The van der Waals surface area contributed by atoms with E-state index in [1.165, 1.54) is 22.5 Å². The summed E-state index contributed by atoms with van der Waals surface area (Å²) in [6.07, 6.45) is 0.0343. The van der Waals surface area contributed by atoms with Crippen LogP contribution in [-0.4, -0.2) is 56.7 Å². The molecule has 2 heterocycles. The van der Waals surface area contributed by atoms with Crippen LogP contribution in [0.1, 0.15) is 13.8 Å². The number of rotatable bonds is 4. The van der Waals surface area contributed by atoms with Crippen LogP contribution in [0.5, 0.6) is 0 Å². The van der Waals surface area contributed by atoms with E-state index in [0.717, 1.165) is 0 Å². The average molecular weight is 365 g/mol. The topological polar surface area (TPSA) is 86.3 Å². The maximum atomic E-state index is 13.9. The van der Waals surface area contributed by atoms with E-state index in [4.69, 9.17) is 10.6 Å². The van der Waals surface area contributed by atoms with Crippen LogP contribution < -0.4 is 5.84 Å². The Kier molecular flexibility index (Phi) is 5.24. The number of nitrogen functional groups attached to an aromatic ring is 1. The van der Waals surface area contributed by atoms with Crippen molar-refractivity contribution in [2.75, 3.05) is 24.7 Å². The van der Waals surface area contributed by atoms with E-state index in [1.807, 2.05) is 13.8 Å². The van der Waals surface area contributed by atoms with Gasteiger partial charge in [-0.2, -0.15) is 0 Å². The third-order valence-electron chi connectivity index (χ3n) is 3.88. The van der Waals surface area contributed by atoms with Crippen molar-refractivity contribution in [2.45, 2.75) is 31.2 Å². The van der Waals surface area contributed by atoms with E-state index in [2.05, 4.69) is 10.2 Å². The molecule has 1 aliphatic rings. The van der Waals surface area contributed by atoms with Crippen LogP contribution in [-0.2, 0) is 9.53 Å². The lowest BCUT2D eigenvalue weighted by molar-refractivity contribution is -0.140. The Morgan fingerprint density at radius 3 is 2.68 bits per heavy atom. The fourth-order valence-electron chi connectivity index (χ4n) is 2.80. The zero-order valence-electron chi connectivity index (χ0n) is 14.1. The van der Waals surface area contributed by atoms with Gasteiger partial charge in [0.05, 0.1) is 23.5 Å². The average Bonchev–Trinajstić information content (AvgIpc) is 2.93. The maximum absolute atomic E-state index is 13.9. The lowest BCUT2D eigenvalue weighted by Crippen LogP contribution is -2.48. The molecule has 1 aromatic carbocycles. The summed E-state index contributed by atoms with van der Waals surface area (Å²) in [7, 11) is 0. The summed E-state index contributed by atoms with van der Waals surface area (Å²) in [5, 5.41) is 8.27. The highest BCUT2D eigenvalue weighted by atomic mass is 32.2. The molecule has 1 aliphatic heterocycles. The van der Waals surface area contributed by atoms with E-state index in [9.17, 15) is 9.18 Å². The van der Waals surface area contributed by atoms with Crippen molar-refractivity contribution in [3.63, 3.8) is 0 Å². The first-order valence-electron chi connectivity index (χ1n) is 7.97. The molecule has 0 bridgehead atoms. The SMILES string of the molecule is C[C@@H]1CN(C(=O)CSc2nnc(-c3ccccc3F)n2N)C[C@@H](C)O1. The number of aromatic nitrogens is 3. The van der Waals surface area contributed by atoms with Gasteiger partial charge in [0.15, 0.2) is 5.82 Å². The van der Waals surface area contributed by atoms with Crippen LogP contribution in [0, 0.1) is 5.82 Å². The molecule has 2 N–H and O–H groups in total. The molecule has 0 saturated carbocycles. The zero-order chi connectivity index (χ0) is 18.0. The Labute approximate surface area is 149 Å². The molecule has 1 amide bonds. The number of benzene rings is 1. The molecule has 0 spiro atoms. The molecule has 2 aromatic rings. The van der Waals surface area contributed by atoms with Crippen molar-refractivity contribution in [1.29, 1.82) is 0 Å². The molecule has 0 aliphatic carbocycles. The van der Waals surface area contributed by atoms with Crippen LogP contribution in [0.15, 0.2) is 29.4 Å². The smallest absolute Gasteiger partial charge is 0.233 e. The van der Waals surface area contributed by atoms with Gasteiger partial charge in [0, 0.05) is 13.1 Å². The standard InChI is InChI=1S/C16H20FN5O2S/c1-10-7-21(8-11(2)24-10)14(23)9-25-16-20-19-15(22(16)18)12-5-3-4-6-13(12)17/h3-6,10-11H,7-9,18H2,1-2H3/t10-,11-/m1/s1. The molecule has 1 fully saturated rings. The summed E-state index contributed by atoms with van der Waals surface area (Å²) >= 11 is 1.18. The Bertz CT molecular complexity index is 759. The minimum Gasteiger partial charge on any atom is -0.372 e. The molecule has 134 valence electrons. The molecule has 3 rings (SSSR count). The van der Waals surface area contributed by atoms with Crippen molar-refractivity contribution < 1.29 is 13.9 Å². The van der Waals surface area contributed by atoms with E-state index in [-0.39, 0.29) is 35.3 Å². The van der Waals surface area contributed by atoms with Crippen LogP contribution in [0.25, 0.3) is 11.4 Å². The third kappa shape index (κ3) is 3.93. The van der Waals surface area contributed by atoms with Gasteiger partial charge >= 0.3 is 0 Å². The van der Waals surface area contributed by atoms with Crippen LogP contribution in [0.2, 0.25) is 0 Å². The van der Waals surface area contributed by atoms with Gasteiger partial charge in [0.25, 0.3) is 0 Å².